The first-order valence-electron chi connectivity index (χ1n) is 9.03. The Kier molecular flexibility index (Phi) is 4.10. The van der Waals surface area contributed by atoms with Crippen LogP contribution in [0.2, 0.25) is 0 Å². The predicted molar refractivity (Wildman–Crippen MR) is 103 cm³/mol. The van der Waals surface area contributed by atoms with E-state index >= 15 is 0 Å². The summed E-state index contributed by atoms with van der Waals surface area (Å²) < 4.78 is 17.2. The van der Waals surface area contributed by atoms with Gasteiger partial charge in [0.05, 0.1) is 13.2 Å². The number of nitrogens with one attached hydrogen (secondary N) is 1. The van der Waals surface area contributed by atoms with Gasteiger partial charge in [-0.25, -0.2) is 0 Å². The lowest BCUT2D eigenvalue weighted by Crippen LogP contribution is -2.41. The molecule has 5 nitrogen and oxygen atoms in total. The van der Waals surface area contributed by atoms with Gasteiger partial charge in [0.2, 0.25) is 0 Å². The summed E-state index contributed by atoms with van der Waals surface area (Å²) in [5, 5.41) is 3.96. The van der Waals surface area contributed by atoms with Crippen LogP contribution in [0.15, 0.2) is 46.9 Å². The van der Waals surface area contributed by atoms with Gasteiger partial charge in [-0.3, -0.25) is 4.79 Å². The van der Waals surface area contributed by atoms with Gasteiger partial charge >= 0.3 is 0 Å². The van der Waals surface area contributed by atoms with Crippen LogP contribution < -0.4 is 14.8 Å². The fourth-order valence-corrected chi connectivity index (χ4v) is 3.64. The molecule has 2 heterocycles. The summed E-state index contributed by atoms with van der Waals surface area (Å²) in [6, 6.07) is 13.2. The minimum Gasteiger partial charge on any atom is -0.493 e. The summed E-state index contributed by atoms with van der Waals surface area (Å²) in [5.41, 5.74) is 2.34. The molecule has 0 aliphatic carbocycles. The molecule has 0 saturated carbocycles. The van der Waals surface area contributed by atoms with Crippen LogP contribution in [0.1, 0.15) is 48.0 Å². The Labute approximate surface area is 158 Å². The van der Waals surface area contributed by atoms with E-state index in [0.717, 1.165) is 22.3 Å². The molecular weight excluding hydrogens is 342 g/mol. The number of hydrogen-bond donors (Lipinski definition) is 1. The van der Waals surface area contributed by atoms with Crippen molar-refractivity contribution < 1.29 is 18.7 Å². The maximum atomic E-state index is 12.9. The molecule has 1 aromatic heterocycles. The number of furan rings is 1. The topological polar surface area (TPSA) is 60.7 Å². The lowest BCUT2D eigenvalue weighted by molar-refractivity contribution is 0.0611. The number of carbonyl (C=O) groups is 1. The van der Waals surface area contributed by atoms with Crippen LogP contribution in [-0.2, 0) is 0 Å². The molecule has 1 N–H and O–H groups in total. The molecule has 0 radical (unpaired) electrons. The van der Waals surface area contributed by atoms with Gasteiger partial charge < -0.3 is 19.2 Å². The Balaban J connectivity index is 1.66. The molecule has 140 valence electrons. The third-order valence-corrected chi connectivity index (χ3v) is 4.88. The fraction of sp³-hybridized carbons (Fsp3) is 0.318. The molecule has 1 aliphatic heterocycles. The molecule has 0 bridgehead atoms. The molecule has 3 aromatic rings. The van der Waals surface area contributed by atoms with Crippen LogP contribution >= 0.6 is 0 Å². The van der Waals surface area contributed by atoms with Crippen LogP contribution in [0.25, 0.3) is 11.0 Å². The Morgan fingerprint density at radius 3 is 2.81 bits per heavy atom. The maximum Gasteiger partial charge on any atom is 0.287 e. The lowest BCUT2D eigenvalue weighted by atomic mass is 9.89. The second kappa shape index (κ2) is 6.34. The van der Waals surface area contributed by atoms with Crippen LogP contribution in [-0.4, -0.2) is 18.6 Å². The summed E-state index contributed by atoms with van der Waals surface area (Å²) in [6.07, 6.45) is 0.679. The molecule has 2 aromatic carbocycles. The third kappa shape index (κ3) is 3.25. The molecule has 4 rings (SSSR count). The van der Waals surface area contributed by atoms with E-state index in [0.29, 0.717) is 17.8 Å². The largest absolute Gasteiger partial charge is 0.493 e. The molecular formula is C22H23NO4. The van der Waals surface area contributed by atoms with Crippen molar-refractivity contribution in [1.82, 2.24) is 5.32 Å². The number of aryl methyl sites for hydroxylation is 1. The van der Waals surface area contributed by atoms with Gasteiger partial charge in [0.1, 0.15) is 11.4 Å². The Bertz CT molecular complexity index is 1020. The average Bonchev–Trinajstić information content (AvgIpc) is 3.06. The van der Waals surface area contributed by atoms with Gasteiger partial charge in [0, 0.05) is 17.4 Å². The van der Waals surface area contributed by atoms with Gasteiger partial charge in [-0.1, -0.05) is 29.8 Å². The quantitative estimate of drug-likeness (QED) is 0.725. The van der Waals surface area contributed by atoms with Gasteiger partial charge in [-0.15, -0.1) is 0 Å². The van der Waals surface area contributed by atoms with Gasteiger partial charge in [0.25, 0.3) is 5.91 Å². The lowest BCUT2D eigenvalue weighted by Gasteiger charge is -2.38. The molecule has 0 saturated heterocycles. The van der Waals surface area contributed by atoms with E-state index in [1.165, 1.54) is 0 Å². The SMILES string of the molecule is COc1cccc2cc(C(=O)NC3CC(C)(C)Oc4ccc(C)cc43)oc12. The number of para-hydroxylation sites is 1. The van der Waals surface area contributed by atoms with E-state index in [4.69, 9.17) is 13.9 Å². The average molecular weight is 365 g/mol. The van der Waals surface area contributed by atoms with Crippen molar-refractivity contribution in [3.05, 3.63) is 59.4 Å². The standard InChI is InChI=1S/C22H23NO4/c1-13-8-9-17-15(10-13)16(12-22(2,3)27-17)23-21(24)19-11-14-6-5-7-18(25-4)20(14)26-19/h5-11,16H,12H2,1-4H3,(H,23,24). The second-order valence-corrected chi connectivity index (χ2v) is 7.62. The fourth-order valence-electron chi connectivity index (χ4n) is 3.64. The summed E-state index contributed by atoms with van der Waals surface area (Å²) >= 11 is 0. The van der Waals surface area contributed by atoms with E-state index < -0.39 is 0 Å². The Morgan fingerprint density at radius 1 is 1.22 bits per heavy atom. The van der Waals surface area contributed by atoms with E-state index in [1.807, 2.05) is 51.1 Å². The van der Waals surface area contributed by atoms with E-state index in [1.54, 1.807) is 13.2 Å². The van der Waals surface area contributed by atoms with Crippen molar-refractivity contribution >= 4 is 16.9 Å². The van der Waals surface area contributed by atoms with E-state index in [9.17, 15) is 4.79 Å². The number of hydrogen-bond acceptors (Lipinski definition) is 4. The minimum absolute atomic E-state index is 0.147. The summed E-state index contributed by atoms with van der Waals surface area (Å²) in [4.78, 5) is 12.9. The minimum atomic E-state index is -0.364. The molecule has 0 spiro atoms. The highest BCUT2D eigenvalue weighted by Gasteiger charge is 2.35. The Morgan fingerprint density at radius 2 is 2.04 bits per heavy atom. The van der Waals surface area contributed by atoms with Gasteiger partial charge in [-0.05, 0) is 39.0 Å². The first kappa shape index (κ1) is 17.5. The van der Waals surface area contributed by atoms with Crippen molar-refractivity contribution in [1.29, 1.82) is 0 Å². The normalized spacial score (nSPS) is 17.9. The number of ether oxygens (including phenoxy) is 2. The van der Waals surface area contributed by atoms with Crippen LogP contribution in [0.4, 0.5) is 0 Å². The zero-order valence-electron chi connectivity index (χ0n) is 16.0. The molecule has 1 unspecified atom stereocenters. The van der Waals surface area contributed by atoms with Crippen molar-refractivity contribution in [3.8, 4) is 11.5 Å². The Hall–Kier alpha value is -2.95. The van der Waals surface area contributed by atoms with Crippen LogP contribution in [0, 0.1) is 6.92 Å². The molecule has 5 heteroatoms. The van der Waals surface area contributed by atoms with Gasteiger partial charge in [-0.2, -0.15) is 0 Å². The van der Waals surface area contributed by atoms with Crippen molar-refractivity contribution in [2.45, 2.75) is 38.8 Å². The number of carbonyl (C=O) groups excluding carboxylic acids is 1. The zero-order chi connectivity index (χ0) is 19.2. The molecule has 27 heavy (non-hydrogen) atoms. The van der Waals surface area contributed by atoms with E-state index in [2.05, 4.69) is 11.4 Å². The molecule has 1 atom stereocenters. The predicted octanol–water partition coefficient (Wildman–Crippen LogP) is 4.78. The van der Waals surface area contributed by atoms with Crippen LogP contribution in [0.5, 0.6) is 11.5 Å². The molecule has 1 amide bonds. The highest BCUT2D eigenvalue weighted by atomic mass is 16.5. The summed E-state index contributed by atoms with van der Waals surface area (Å²) in [6.45, 7) is 6.09. The maximum absolute atomic E-state index is 12.9. The third-order valence-electron chi connectivity index (χ3n) is 4.88. The molecule has 0 fully saturated rings. The first-order valence-corrected chi connectivity index (χ1v) is 9.03. The van der Waals surface area contributed by atoms with Crippen LogP contribution in [0.3, 0.4) is 0 Å². The highest BCUT2D eigenvalue weighted by molar-refractivity contribution is 5.97. The summed E-state index contributed by atoms with van der Waals surface area (Å²) in [5.74, 6) is 1.45. The van der Waals surface area contributed by atoms with E-state index in [-0.39, 0.29) is 23.3 Å². The smallest absolute Gasteiger partial charge is 0.287 e. The summed E-state index contributed by atoms with van der Waals surface area (Å²) in [7, 11) is 1.58. The number of rotatable bonds is 3. The molecule has 1 aliphatic rings. The number of methoxy groups -OCH3 is 1. The van der Waals surface area contributed by atoms with Crippen molar-refractivity contribution in [2.24, 2.45) is 0 Å². The van der Waals surface area contributed by atoms with Gasteiger partial charge in [0.15, 0.2) is 17.1 Å². The number of benzene rings is 2. The number of amides is 1. The van der Waals surface area contributed by atoms with Crippen molar-refractivity contribution in [2.75, 3.05) is 7.11 Å². The monoisotopic (exact) mass is 365 g/mol. The second-order valence-electron chi connectivity index (χ2n) is 7.62. The highest BCUT2D eigenvalue weighted by Crippen LogP contribution is 2.40. The number of fused-ring (bicyclic) bond motifs is 2. The first-order chi connectivity index (χ1) is 12.9. The van der Waals surface area contributed by atoms with Crippen molar-refractivity contribution in [3.63, 3.8) is 0 Å². The zero-order valence-corrected chi connectivity index (χ0v) is 16.0.